The first-order chi connectivity index (χ1) is 15.3. The van der Waals surface area contributed by atoms with Crippen molar-refractivity contribution in [1.29, 1.82) is 0 Å². The second kappa shape index (κ2) is 8.72. The molecule has 4 rings (SSSR count). The maximum Gasteiger partial charge on any atom is 0.254 e. The first kappa shape index (κ1) is 22.0. The molecule has 4 aromatic rings. The fourth-order valence-electron chi connectivity index (χ4n) is 3.53. The highest BCUT2D eigenvalue weighted by Gasteiger charge is 2.29. The molecule has 8 heteroatoms. The fraction of sp³-hybridized carbons (Fsp3) is 0.167. The largest absolute Gasteiger partial charge is 0.272 e. The average Bonchev–Trinajstić information content (AvgIpc) is 3.17. The van der Waals surface area contributed by atoms with Crippen molar-refractivity contribution < 1.29 is 13.2 Å². The molecule has 6 nitrogen and oxygen atoms in total. The van der Waals surface area contributed by atoms with Gasteiger partial charge in [0.25, 0.3) is 5.91 Å². The van der Waals surface area contributed by atoms with Crippen molar-refractivity contribution in [3.8, 4) is 0 Å². The second-order valence-electron chi connectivity index (χ2n) is 7.54. The first-order valence-electron chi connectivity index (χ1n) is 10.0. The van der Waals surface area contributed by atoms with E-state index in [1.54, 1.807) is 12.1 Å². The van der Waals surface area contributed by atoms with Gasteiger partial charge in [0.2, 0.25) is 10.0 Å². The number of rotatable bonds is 6. The van der Waals surface area contributed by atoms with Crippen molar-refractivity contribution in [1.82, 2.24) is 4.98 Å². The highest BCUT2D eigenvalue weighted by atomic mass is 32.2. The van der Waals surface area contributed by atoms with Gasteiger partial charge in [-0.1, -0.05) is 59.9 Å². The minimum absolute atomic E-state index is 0.339. The van der Waals surface area contributed by atoms with Gasteiger partial charge in [-0.05, 0) is 49.2 Å². The molecule has 0 spiro atoms. The number of benzene rings is 3. The van der Waals surface area contributed by atoms with Gasteiger partial charge in [-0.25, -0.2) is 13.4 Å². The Balaban J connectivity index is 1.81. The van der Waals surface area contributed by atoms with E-state index in [9.17, 15) is 13.2 Å². The molecule has 0 aliphatic carbocycles. The van der Waals surface area contributed by atoms with Crippen LogP contribution in [0.3, 0.4) is 0 Å². The molecule has 0 radical (unpaired) electrons. The molecule has 0 fully saturated rings. The van der Waals surface area contributed by atoms with E-state index in [-0.39, 0.29) is 12.5 Å². The van der Waals surface area contributed by atoms with E-state index in [1.165, 1.54) is 16.2 Å². The maximum atomic E-state index is 13.7. The molecule has 0 aliphatic heterocycles. The third-order valence-electron chi connectivity index (χ3n) is 5.14. The summed E-state index contributed by atoms with van der Waals surface area (Å²) in [6, 6.07) is 22.3. The van der Waals surface area contributed by atoms with E-state index in [4.69, 9.17) is 0 Å². The van der Waals surface area contributed by atoms with Gasteiger partial charge in [0.05, 0.1) is 27.8 Å². The Morgan fingerprint density at radius 2 is 1.44 bits per heavy atom. The summed E-state index contributed by atoms with van der Waals surface area (Å²) in [7, 11) is -3.70. The van der Waals surface area contributed by atoms with Crippen LogP contribution in [0, 0.1) is 13.8 Å². The lowest BCUT2D eigenvalue weighted by Crippen LogP contribution is -2.41. The Hall–Kier alpha value is -3.23. The van der Waals surface area contributed by atoms with Gasteiger partial charge in [0.1, 0.15) is 6.54 Å². The summed E-state index contributed by atoms with van der Waals surface area (Å²) in [5.41, 5.74) is 3.61. The van der Waals surface area contributed by atoms with E-state index in [0.717, 1.165) is 31.9 Å². The number of hydrogen-bond acceptors (Lipinski definition) is 5. The van der Waals surface area contributed by atoms with Crippen LogP contribution in [0.15, 0.2) is 72.8 Å². The topological polar surface area (TPSA) is 70.6 Å². The van der Waals surface area contributed by atoms with Crippen molar-refractivity contribution in [3.05, 3.63) is 83.9 Å². The van der Waals surface area contributed by atoms with E-state index in [2.05, 4.69) is 4.98 Å². The molecule has 32 heavy (non-hydrogen) atoms. The summed E-state index contributed by atoms with van der Waals surface area (Å²) in [6.07, 6.45) is 1.11. The van der Waals surface area contributed by atoms with Gasteiger partial charge in [0, 0.05) is 0 Å². The number of aromatic nitrogens is 1. The highest BCUT2D eigenvalue weighted by molar-refractivity contribution is 7.92. The zero-order valence-electron chi connectivity index (χ0n) is 18.0. The lowest BCUT2D eigenvalue weighted by Gasteiger charge is -2.27. The average molecular weight is 466 g/mol. The summed E-state index contributed by atoms with van der Waals surface area (Å²) in [5.74, 6) is -0.382. The Bertz CT molecular complexity index is 1360. The van der Waals surface area contributed by atoms with E-state index >= 15 is 0 Å². The molecule has 0 unspecified atom stereocenters. The number of anilines is 3. The van der Waals surface area contributed by atoms with Gasteiger partial charge in [-0.15, -0.1) is 0 Å². The number of para-hydroxylation sites is 3. The Labute approximate surface area is 191 Å². The molecule has 1 aromatic heterocycles. The number of carbonyl (C=O) groups excluding carboxylic acids is 1. The van der Waals surface area contributed by atoms with Crippen molar-refractivity contribution >= 4 is 54.0 Å². The van der Waals surface area contributed by atoms with Crippen LogP contribution >= 0.6 is 11.3 Å². The number of thiazole rings is 1. The summed E-state index contributed by atoms with van der Waals surface area (Å²) in [4.78, 5) is 19.9. The fourth-order valence-corrected chi connectivity index (χ4v) is 5.44. The lowest BCUT2D eigenvalue weighted by molar-refractivity contribution is -0.116. The van der Waals surface area contributed by atoms with Crippen LogP contribution in [-0.4, -0.2) is 32.1 Å². The van der Waals surface area contributed by atoms with Crippen LogP contribution < -0.4 is 9.21 Å². The van der Waals surface area contributed by atoms with Gasteiger partial charge in [-0.3, -0.25) is 14.0 Å². The van der Waals surface area contributed by atoms with Crippen LogP contribution in [0.1, 0.15) is 11.1 Å². The molecule has 164 valence electrons. The number of fused-ring (bicyclic) bond motifs is 1. The van der Waals surface area contributed by atoms with E-state index in [0.29, 0.717) is 16.5 Å². The van der Waals surface area contributed by atoms with Crippen LogP contribution in [0.5, 0.6) is 0 Å². The summed E-state index contributed by atoms with van der Waals surface area (Å²) < 4.78 is 27.4. The molecule has 0 atom stereocenters. The molecular formula is C24H23N3O3S2. The number of amides is 1. The molecule has 0 bridgehead atoms. The third-order valence-corrected chi connectivity index (χ3v) is 7.29. The molecule has 3 aromatic carbocycles. The third kappa shape index (κ3) is 4.37. The standard InChI is InChI=1S/C24H23N3O3S2/c1-17-10-4-7-13-20(17)26(32(3,29)30)16-23(28)27(21-14-8-5-11-18(21)2)24-25-19-12-6-9-15-22(19)31-24/h4-15H,16H2,1-3H3. The van der Waals surface area contributed by atoms with Crippen LogP contribution in [0.4, 0.5) is 16.5 Å². The second-order valence-corrected chi connectivity index (χ2v) is 10.5. The van der Waals surface area contributed by atoms with Gasteiger partial charge in [0.15, 0.2) is 5.13 Å². The molecule has 1 amide bonds. The smallest absolute Gasteiger partial charge is 0.254 e. The maximum absolute atomic E-state index is 13.7. The quantitative estimate of drug-likeness (QED) is 0.400. The minimum atomic E-state index is -3.70. The van der Waals surface area contributed by atoms with Gasteiger partial charge in [-0.2, -0.15) is 0 Å². The van der Waals surface area contributed by atoms with Gasteiger partial charge >= 0.3 is 0 Å². The molecule has 0 N–H and O–H groups in total. The Morgan fingerprint density at radius 3 is 2.03 bits per heavy atom. The van der Waals surface area contributed by atoms with Crippen molar-refractivity contribution in [2.24, 2.45) is 0 Å². The van der Waals surface area contributed by atoms with Crippen molar-refractivity contribution in [2.45, 2.75) is 13.8 Å². The minimum Gasteiger partial charge on any atom is -0.272 e. The monoisotopic (exact) mass is 465 g/mol. The summed E-state index contributed by atoms with van der Waals surface area (Å²) >= 11 is 1.40. The predicted octanol–water partition coefficient (Wildman–Crippen LogP) is 5.04. The number of aryl methyl sites for hydroxylation is 2. The number of carbonyl (C=O) groups is 1. The van der Waals surface area contributed by atoms with E-state index < -0.39 is 10.0 Å². The summed E-state index contributed by atoms with van der Waals surface area (Å²) in [6.45, 7) is 3.40. The van der Waals surface area contributed by atoms with Gasteiger partial charge < -0.3 is 0 Å². The van der Waals surface area contributed by atoms with Crippen LogP contribution in [0.2, 0.25) is 0 Å². The number of sulfonamides is 1. The molecule has 0 saturated heterocycles. The van der Waals surface area contributed by atoms with Crippen LogP contribution in [0.25, 0.3) is 10.2 Å². The Morgan fingerprint density at radius 1 is 0.875 bits per heavy atom. The van der Waals surface area contributed by atoms with E-state index in [1.807, 2.05) is 74.5 Å². The SMILES string of the molecule is Cc1ccccc1N(C(=O)CN(c1ccccc1C)S(C)(=O)=O)c1nc2ccccc2s1. The van der Waals surface area contributed by atoms with Crippen molar-refractivity contribution in [3.63, 3.8) is 0 Å². The first-order valence-corrected chi connectivity index (χ1v) is 12.7. The number of nitrogens with zero attached hydrogens (tertiary/aromatic N) is 3. The Kier molecular flexibility index (Phi) is 5.99. The molecule has 1 heterocycles. The number of hydrogen-bond donors (Lipinski definition) is 0. The highest BCUT2D eigenvalue weighted by Crippen LogP contribution is 2.35. The molecule has 0 saturated carbocycles. The predicted molar refractivity (Wildman–Crippen MR) is 131 cm³/mol. The molecular weight excluding hydrogens is 442 g/mol. The van der Waals surface area contributed by atoms with Crippen LogP contribution in [-0.2, 0) is 14.8 Å². The normalized spacial score (nSPS) is 11.5. The molecule has 0 aliphatic rings. The van der Waals surface area contributed by atoms with Crippen molar-refractivity contribution in [2.75, 3.05) is 22.0 Å². The zero-order valence-corrected chi connectivity index (χ0v) is 19.7. The zero-order chi connectivity index (χ0) is 22.9. The summed E-state index contributed by atoms with van der Waals surface area (Å²) in [5, 5.41) is 0.503. The lowest BCUT2D eigenvalue weighted by atomic mass is 10.2.